The molecule has 1 aliphatic carbocycles. The highest BCUT2D eigenvalue weighted by Gasteiger charge is 2.29. The fourth-order valence-corrected chi connectivity index (χ4v) is 4.56. The molecule has 2 unspecified atom stereocenters. The van der Waals surface area contributed by atoms with Gasteiger partial charge in [0.05, 0.1) is 37.7 Å². The van der Waals surface area contributed by atoms with Gasteiger partial charge in [0.1, 0.15) is 0 Å². The number of hydrogen-bond donors (Lipinski definition) is 1. The molecule has 2 aromatic heterocycles. The molecule has 122 valence electrons. The van der Waals surface area contributed by atoms with Crippen LogP contribution in [0.15, 0.2) is 41.7 Å². The number of nitro groups is 1. The second kappa shape index (κ2) is 5.79. The predicted octanol–water partition coefficient (Wildman–Crippen LogP) is 3.05. The summed E-state index contributed by atoms with van der Waals surface area (Å²) < 4.78 is 13.0. The van der Waals surface area contributed by atoms with Crippen molar-refractivity contribution in [3.63, 3.8) is 0 Å². The molecule has 0 amide bonds. The van der Waals surface area contributed by atoms with E-state index in [2.05, 4.69) is 15.0 Å². The number of nitrogens with zero attached hydrogens (tertiary/aromatic N) is 3. The lowest BCUT2D eigenvalue weighted by Crippen LogP contribution is -2.17. The van der Waals surface area contributed by atoms with Crippen molar-refractivity contribution >= 4 is 27.5 Å². The van der Waals surface area contributed by atoms with E-state index in [9.17, 15) is 14.3 Å². The van der Waals surface area contributed by atoms with E-state index in [1.807, 2.05) is 12.1 Å². The Morgan fingerprint density at radius 2 is 2.21 bits per heavy atom. The SMILES string of the molecule is O=[N+]([O-])c1ccc2nc(S(=O)C3CCCc4cccnc43)[nH]c2c1. The van der Waals surface area contributed by atoms with Crippen molar-refractivity contribution < 1.29 is 9.13 Å². The van der Waals surface area contributed by atoms with Gasteiger partial charge in [0.25, 0.3) is 5.69 Å². The van der Waals surface area contributed by atoms with Gasteiger partial charge in [0.15, 0.2) is 5.16 Å². The molecule has 8 heteroatoms. The lowest BCUT2D eigenvalue weighted by atomic mass is 9.96. The standard InChI is InChI=1S/C16H14N4O3S/c21-20(22)11-6-7-12-13(9-11)19-16(18-12)24(23)14-5-1-3-10-4-2-8-17-15(10)14/h2,4,6-9,14H,1,3,5H2,(H,18,19). The van der Waals surface area contributed by atoms with Gasteiger partial charge in [-0.25, -0.2) is 4.98 Å². The van der Waals surface area contributed by atoms with Gasteiger partial charge in [-0.15, -0.1) is 0 Å². The molecule has 1 N–H and O–H groups in total. The summed E-state index contributed by atoms with van der Waals surface area (Å²) >= 11 is 0. The molecule has 0 saturated carbocycles. The van der Waals surface area contributed by atoms with Crippen LogP contribution in [-0.4, -0.2) is 24.1 Å². The van der Waals surface area contributed by atoms with Gasteiger partial charge >= 0.3 is 0 Å². The third-order valence-corrected chi connectivity index (χ3v) is 5.80. The number of pyridine rings is 1. The second-order valence-corrected chi connectivity index (χ2v) is 7.28. The number of H-pyrrole nitrogens is 1. The van der Waals surface area contributed by atoms with Crippen LogP contribution in [0.25, 0.3) is 11.0 Å². The van der Waals surface area contributed by atoms with Crippen molar-refractivity contribution in [2.24, 2.45) is 0 Å². The van der Waals surface area contributed by atoms with E-state index < -0.39 is 15.7 Å². The van der Waals surface area contributed by atoms with Crippen LogP contribution in [0.4, 0.5) is 5.69 Å². The van der Waals surface area contributed by atoms with Crippen molar-refractivity contribution in [2.45, 2.75) is 29.7 Å². The molecule has 24 heavy (non-hydrogen) atoms. The van der Waals surface area contributed by atoms with E-state index in [4.69, 9.17) is 0 Å². The summed E-state index contributed by atoms with van der Waals surface area (Å²) in [5.74, 6) is 0. The number of nitro benzene ring substituents is 1. The first-order valence-corrected chi connectivity index (χ1v) is 8.83. The van der Waals surface area contributed by atoms with E-state index in [0.29, 0.717) is 16.2 Å². The highest BCUT2D eigenvalue weighted by molar-refractivity contribution is 7.85. The lowest BCUT2D eigenvalue weighted by molar-refractivity contribution is -0.384. The summed E-state index contributed by atoms with van der Waals surface area (Å²) in [5.41, 5.74) is 3.07. The lowest BCUT2D eigenvalue weighted by Gasteiger charge is -2.22. The minimum Gasteiger partial charge on any atom is -0.331 e. The quantitative estimate of drug-likeness (QED) is 0.582. The largest absolute Gasteiger partial charge is 0.331 e. The fourth-order valence-electron chi connectivity index (χ4n) is 3.09. The number of benzene rings is 1. The predicted molar refractivity (Wildman–Crippen MR) is 89.1 cm³/mol. The number of nitrogens with one attached hydrogen (secondary N) is 1. The summed E-state index contributed by atoms with van der Waals surface area (Å²) in [7, 11) is -1.38. The normalized spacial score (nSPS) is 18.2. The van der Waals surface area contributed by atoms with E-state index in [-0.39, 0.29) is 10.9 Å². The number of non-ortho nitro benzene ring substituents is 1. The third kappa shape index (κ3) is 2.48. The van der Waals surface area contributed by atoms with Gasteiger partial charge in [0.2, 0.25) is 0 Å². The summed E-state index contributed by atoms with van der Waals surface area (Å²) in [5, 5.41) is 11.0. The van der Waals surface area contributed by atoms with Crippen LogP contribution < -0.4 is 0 Å². The molecule has 0 aliphatic heterocycles. The molecule has 0 radical (unpaired) electrons. The van der Waals surface area contributed by atoms with Gasteiger partial charge in [-0.1, -0.05) is 6.07 Å². The Bertz CT molecular complexity index is 969. The van der Waals surface area contributed by atoms with Crippen LogP contribution in [0.2, 0.25) is 0 Å². The van der Waals surface area contributed by atoms with Crippen LogP contribution in [0, 0.1) is 10.1 Å². The highest BCUT2D eigenvalue weighted by Crippen LogP contribution is 2.35. The van der Waals surface area contributed by atoms with Crippen LogP contribution in [0.3, 0.4) is 0 Å². The molecule has 4 rings (SSSR count). The fraction of sp³-hybridized carbons (Fsp3) is 0.250. The van der Waals surface area contributed by atoms with Gasteiger partial charge in [-0.2, -0.15) is 0 Å². The van der Waals surface area contributed by atoms with E-state index >= 15 is 0 Å². The summed E-state index contributed by atoms with van der Waals surface area (Å²) in [6.45, 7) is 0. The van der Waals surface area contributed by atoms with Crippen LogP contribution in [0.1, 0.15) is 29.3 Å². The third-order valence-electron chi connectivity index (χ3n) is 4.25. The van der Waals surface area contributed by atoms with E-state index in [0.717, 1.165) is 30.5 Å². The summed E-state index contributed by atoms with van der Waals surface area (Å²) in [6.07, 6.45) is 4.41. The number of aromatic amines is 1. The molecule has 2 atom stereocenters. The Balaban J connectivity index is 1.73. The molecule has 0 bridgehead atoms. The van der Waals surface area contributed by atoms with Crippen LogP contribution >= 0.6 is 0 Å². The van der Waals surface area contributed by atoms with Gasteiger partial charge in [0, 0.05) is 18.3 Å². The van der Waals surface area contributed by atoms with Crippen molar-refractivity contribution in [1.29, 1.82) is 0 Å². The molecular weight excluding hydrogens is 328 g/mol. The smallest absolute Gasteiger partial charge is 0.271 e. The van der Waals surface area contributed by atoms with Gasteiger partial charge in [-0.3, -0.25) is 19.3 Å². The Labute approximate surface area is 139 Å². The van der Waals surface area contributed by atoms with Crippen LogP contribution in [-0.2, 0) is 17.2 Å². The molecular formula is C16H14N4O3S. The number of hydrogen-bond acceptors (Lipinski definition) is 5. The zero-order chi connectivity index (χ0) is 16.7. The average molecular weight is 342 g/mol. The van der Waals surface area contributed by atoms with Crippen molar-refractivity contribution in [1.82, 2.24) is 15.0 Å². The van der Waals surface area contributed by atoms with Gasteiger partial charge in [-0.05, 0) is 37.0 Å². The molecule has 0 spiro atoms. The highest BCUT2D eigenvalue weighted by atomic mass is 32.2. The Morgan fingerprint density at radius 1 is 1.33 bits per heavy atom. The van der Waals surface area contributed by atoms with Crippen molar-refractivity contribution in [3.05, 3.63) is 57.9 Å². The van der Waals surface area contributed by atoms with Gasteiger partial charge < -0.3 is 4.98 Å². The number of aromatic nitrogens is 3. The number of rotatable bonds is 3. The molecule has 1 aromatic carbocycles. The first-order valence-electron chi connectivity index (χ1n) is 7.62. The molecule has 3 aromatic rings. The van der Waals surface area contributed by atoms with Crippen LogP contribution in [0.5, 0.6) is 0 Å². The van der Waals surface area contributed by atoms with E-state index in [1.165, 1.54) is 12.1 Å². The molecule has 0 saturated heterocycles. The topological polar surface area (TPSA) is 102 Å². The summed E-state index contributed by atoms with van der Waals surface area (Å²) in [6, 6.07) is 8.29. The molecule has 0 fully saturated rings. The maximum atomic E-state index is 13.0. The number of imidazole rings is 1. The minimum absolute atomic E-state index is 0.0202. The minimum atomic E-state index is -1.38. The zero-order valence-corrected chi connectivity index (χ0v) is 13.5. The Hall–Kier alpha value is -2.61. The monoisotopic (exact) mass is 342 g/mol. The zero-order valence-electron chi connectivity index (χ0n) is 12.6. The maximum absolute atomic E-state index is 13.0. The molecule has 7 nitrogen and oxygen atoms in total. The maximum Gasteiger partial charge on any atom is 0.271 e. The number of aryl methyl sites for hydroxylation is 1. The second-order valence-electron chi connectivity index (χ2n) is 5.73. The van der Waals surface area contributed by atoms with E-state index in [1.54, 1.807) is 12.3 Å². The average Bonchev–Trinajstić information content (AvgIpc) is 3.03. The Morgan fingerprint density at radius 3 is 3.04 bits per heavy atom. The first kappa shape index (κ1) is 14.9. The first-order chi connectivity index (χ1) is 11.6. The Kier molecular flexibility index (Phi) is 3.61. The molecule has 2 heterocycles. The van der Waals surface area contributed by atoms with Crippen molar-refractivity contribution in [3.8, 4) is 0 Å². The number of fused-ring (bicyclic) bond motifs is 2. The molecule has 1 aliphatic rings. The summed E-state index contributed by atoms with van der Waals surface area (Å²) in [4.78, 5) is 22.2. The van der Waals surface area contributed by atoms with Crippen molar-refractivity contribution in [2.75, 3.05) is 0 Å².